The quantitative estimate of drug-likeness (QED) is 0.936. The highest BCUT2D eigenvalue weighted by molar-refractivity contribution is 5.35. The number of nitrogens with zero attached hydrogens (tertiary/aromatic N) is 1. The third-order valence-electron chi connectivity index (χ3n) is 3.00. The van der Waals surface area contributed by atoms with E-state index in [0.29, 0.717) is 0 Å². The summed E-state index contributed by atoms with van der Waals surface area (Å²) in [6.45, 7) is 1.89. The van der Waals surface area contributed by atoms with E-state index in [4.69, 9.17) is 0 Å². The van der Waals surface area contributed by atoms with E-state index in [0.717, 1.165) is 16.8 Å². The van der Waals surface area contributed by atoms with Gasteiger partial charge in [0.05, 0.1) is 6.04 Å². The number of benzene rings is 1. The summed E-state index contributed by atoms with van der Waals surface area (Å²) in [5.41, 5.74) is 2.67. The summed E-state index contributed by atoms with van der Waals surface area (Å²) < 4.78 is 40.2. The van der Waals surface area contributed by atoms with Gasteiger partial charge in [-0.3, -0.25) is 4.98 Å². The zero-order chi connectivity index (χ0) is 15.5. The Labute approximate surface area is 120 Å². The predicted molar refractivity (Wildman–Crippen MR) is 73.0 cm³/mol. The molecule has 0 spiro atoms. The molecule has 0 bridgehead atoms. The molecule has 0 aliphatic rings. The van der Waals surface area contributed by atoms with Crippen molar-refractivity contribution in [2.45, 2.75) is 19.3 Å². The van der Waals surface area contributed by atoms with Gasteiger partial charge in [0.2, 0.25) is 0 Å². The first kappa shape index (κ1) is 15.3. The summed E-state index contributed by atoms with van der Waals surface area (Å²) in [6, 6.07) is 9.48. The van der Waals surface area contributed by atoms with E-state index in [2.05, 4.69) is 15.0 Å². The minimum atomic E-state index is -4.68. The Kier molecular flexibility index (Phi) is 4.47. The number of alkyl halides is 3. The molecule has 21 heavy (non-hydrogen) atoms. The maximum Gasteiger partial charge on any atom is 0.573 e. The van der Waals surface area contributed by atoms with E-state index < -0.39 is 6.36 Å². The minimum Gasteiger partial charge on any atom is -0.406 e. The Morgan fingerprint density at radius 2 is 1.67 bits per heavy atom. The smallest absolute Gasteiger partial charge is 0.406 e. The van der Waals surface area contributed by atoms with Crippen molar-refractivity contribution in [3.8, 4) is 5.75 Å². The largest absolute Gasteiger partial charge is 0.573 e. The molecule has 0 saturated carbocycles. The second-order valence-electron chi connectivity index (χ2n) is 4.57. The molecule has 2 aromatic rings. The van der Waals surface area contributed by atoms with Gasteiger partial charge in [-0.05, 0) is 43.3 Å². The van der Waals surface area contributed by atoms with E-state index in [9.17, 15) is 13.2 Å². The van der Waals surface area contributed by atoms with Gasteiger partial charge >= 0.3 is 6.36 Å². The lowest BCUT2D eigenvalue weighted by Gasteiger charge is -2.17. The lowest BCUT2D eigenvalue weighted by atomic mass is 10.00. The van der Waals surface area contributed by atoms with Crippen LogP contribution in [0, 0.1) is 6.92 Å². The van der Waals surface area contributed by atoms with Gasteiger partial charge in [-0.25, -0.2) is 0 Å². The van der Waals surface area contributed by atoms with Crippen molar-refractivity contribution >= 4 is 0 Å². The fourth-order valence-corrected chi connectivity index (χ4v) is 2.04. The molecule has 0 radical (unpaired) electrons. The van der Waals surface area contributed by atoms with Crippen LogP contribution >= 0.6 is 0 Å². The van der Waals surface area contributed by atoms with Crippen LogP contribution in [0.25, 0.3) is 0 Å². The van der Waals surface area contributed by atoms with E-state index in [1.54, 1.807) is 25.4 Å². The fraction of sp³-hybridized carbons (Fsp3) is 0.267. The van der Waals surface area contributed by atoms with Crippen molar-refractivity contribution in [2.24, 2.45) is 0 Å². The van der Waals surface area contributed by atoms with Crippen LogP contribution in [0.2, 0.25) is 0 Å². The van der Waals surface area contributed by atoms with Gasteiger partial charge in [-0.1, -0.05) is 18.2 Å². The second-order valence-corrected chi connectivity index (χ2v) is 4.57. The topological polar surface area (TPSA) is 34.1 Å². The molecule has 1 atom stereocenters. The average Bonchev–Trinajstić information content (AvgIpc) is 2.42. The summed E-state index contributed by atoms with van der Waals surface area (Å²) in [6.07, 6.45) is -2.93. The van der Waals surface area contributed by atoms with Crippen LogP contribution in [0.15, 0.2) is 42.6 Å². The number of aryl methyl sites for hydroxylation is 1. The lowest BCUT2D eigenvalue weighted by Crippen LogP contribution is -2.19. The van der Waals surface area contributed by atoms with Crippen LogP contribution in [-0.2, 0) is 0 Å². The van der Waals surface area contributed by atoms with E-state index in [-0.39, 0.29) is 11.8 Å². The zero-order valence-corrected chi connectivity index (χ0v) is 11.6. The van der Waals surface area contributed by atoms with Crippen molar-refractivity contribution in [1.29, 1.82) is 0 Å². The van der Waals surface area contributed by atoms with Crippen molar-refractivity contribution in [2.75, 3.05) is 7.05 Å². The highest BCUT2D eigenvalue weighted by Gasteiger charge is 2.31. The Hall–Kier alpha value is -2.08. The molecule has 3 nitrogen and oxygen atoms in total. The number of hydrogen-bond acceptors (Lipinski definition) is 3. The standard InChI is InChI=1S/C15H15F3N2O/c1-10-3-4-12(9-20-10)14(19-2)11-5-7-13(8-6-11)21-15(16,17)18/h3-9,14,19H,1-2H3. The number of hydrogen-bond donors (Lipinski definition) is 1. The fourth-order valence-electron chi connectivity index (χ4n) is 2.04. The van der Waals surface area contributed by atoms with Crippen LogP contribution in [0.5, 0.6) is 5.75 Å². The van der Waals surface area contributed by atoms with Crippen LogP contribution in [0.4, 0.5) is 13.2 Å². The van der Waals surface area contributed by atoms with Gasteiger partial charge in [-0.2, -0.15) is 0 Å². The van der Waals surface area contributed by atoms with Crippen LogP contribution < -0.4 is 10.1 Å². The highest BCUT2D eigenvalue weighted by atomic mass is 19.4. The third-order valence-corrected chi connectivity index (χ3v) is 3.00. The van der Waals surface area contributed by atoms with E-state index >= 15 is 0 Å². The van der Waals surface area contributed by atoms with Gasteiger partial charge in [-0.15, -0.1) is 13.2 Å². The lowest BCUT2D eigenvalue weighted by molar-refractivity contribution is -0.274. The maximum atomic E-state index is 12.1. The molecule has 1 heterocycles. The van der Waals surface area contributed by atoms with E-state index in [1.807, 2.05) is 19.1 Å². The number of nitrogens with one attached hydrogen (secondary N) is 1. The van der Waals surface area contributed by atoms with Gasteiger partial charge in [0.1, 0.15) is 5.75 Å². The maximum absolute atomic E-state index is 12.1. The summed E-state index contributed by atoms with van der Waals surface area (Å²) >= 11 is 0. The molecular weight excluding hydrogens is 281 g/mol. The van der Waals surface area contributed by atoms with E-state index in [1.165, 1.54) is 12.1 Å². The first-order chi connectivity index (χ1) is 9.89. The second kappa shape index (κ2) is 6.13. The molecular formula is C15H15F3N2O. The molecule has 112 valence electrons. The Morgan fingerprint density at radius 1 is 1.05 bits per heavy atom. The molecule has 1 aromatic carbocycles. The van der Waals surface area contributed by atoms with Crippen molar-refractivity contribution in [3.63, 3.8) is 0 Å². The monoisotopic (exact) mass is 296 g/mol. The van der Waals surface area contributed by atoms with Crippen LogP contribution in [-0.4, -0.2) is 18.4 Å². The first-order valence-electron chi connectivity index (χ1n) is 6.34. The normalized spacial score (nSPS) is 13.0. The van der Waals surface area contributed by atoms with Gasteiger partial charge < -0.3 is 10.1 Å². The summed E-state index contributed by atoms with van der Waals surface area (Å²) in [5.74, 6) is -0.233. The molecule has 2 rings (SSSR count). The highest BCUT2D eigenvalue weighted by Crippen LogP contribution is 2.26. The van der Waals surface area contributed by atoms with Gasteiger partial charge in [0.15, 0.2) is 0 Å². The molecule has 0 saturated heterocycles. The average molecular weight is 296 g/mol. The van der Waals surface area contributed by atoms with Crippen molar-refractivity contribution in [1.82, 2.24) is 10.3 Å². The third kappa shape index (κ3) is 4.19. The molecule has 1 unspecified atom stereocenters. The number of aromatic nitrogens is 1. The molecule has 6 heteroatoms. The summed E-state index contributed by atoms with van der Waals surface area (Å²) in [5, 5.41) is 3.12. The van der Waals surface area contributed by atoms with Gasteiger partial charge in [0, 0.05) is 11.9 Å². The molecule has 1 N–H and O–H groups in total. The first-order valence-corrected chi connectivity index (χ1v) is 6.34. The molecule has 0 fully saturated rings. The van der Waals surface area contributed by atoms with Crippen LogP contribution in [0.1, 0.15) is 22.9 Å². The number of rotatable bonds is 4. The molecule has 0 amide bonds. The number of ether oxygens (including phenoxy) is 1. The minimum absolute atomic E-state index is 0.141. The van der Waals surface area contributed by atoms with Crippen molar-refractivity contribution in [3.05, 3.63) is 59.4 Å². The Morgan fingerprint density at radius 3 is 2.14 bits per heavy atom. The molecule has 0 aliphatic carbocycles. The summed E-state index contributed by atoms with van der Waals surface area (Å²) in [7, 11) is 1.78. The molecule has 1 aromatic heterocycles. The number of pyridine rings is 1. The Balaban J connectivity index is 2.21. The number of halogens is 3. The Bertz CT molecular complexity index is 579. The predicted octanol–water partition coefficient (Wildman–Crippen LogP) is 3.60. The van der Waals surface area contributed by atoms with Crippen molar-refractivity contribution < 1.29 is 17.9 Å². The SMILES string of the molecule is CNC(c1ccc(OC(F)(F)F)cc1)c1ccc(C)nc1. The summed E-state index contributed by atoms with van der Waals surface area (Å²) in [4.78, 5) is 4.23. The molecule has 0 aliphatic heterocycles. The van der Waals surface area contributed by atoms with Gasteiger partial charge in [0.25, 0.3) is 0 Å². The zero-order valence-electron chi connectivity index (χ0n) is 11.6. The van der Waals surface area contributed by atoms with Crippen LogP contribution in [0.3, 0.4) is 0 Å².